The second kappa shape index (κ2) is 9.27. The second-order valence-corrected chi connectivity index (χ2v) is 7.08. The maximum atomic E-state index is 12.9. The number of piperazine rings is 1. The highest BCUT2D eigenvalue weighted by atomic mass is 32.1. The summed E-state index contributed by atoms with van der Waals surface area (Å²) in [6, 6.07) is 0. The molecule has 2 heterocycles. The molecule has 3 aliphatic rings. The topological polar surface area (TPSA) is 91.8 Å². The molecule has 0 aromatic carbocycles. The van der Waals surface area contributed by atoms with Crippen molar-refractivity contribution in [3.63, 3.8) is 0 Å². The summed E-state index contributed by atoms with van der Waals surface area (Å²) in [6.07, 6.45) is 4.61. The standard InChI is InChI=1S/C19H24N4O5S/c1-3-28-19(26)22-8-6-21(7-9-22)16(24)13-4-5-14-15(12-13)20-18(29)23(17(14)25)10-11-27-2/h4-5,12,14H,3,6-11H2,1-2H3. The van der Waals surface area contributed by atoms with E-state index in [9.17, 15) is 14.4 Å². The molecular formula is C19H24N4O5S. The quantitative estimate of drug-likeness (QED) is 0.606. The van der Waals surface area contributed by atoms with Crippen LogP contribution in [0.1, 0.15) is 6.92 Å². The van der Waals surface area contributed by atoms with Gasteiger partial charge in [-0.15, -0.1) is 0 Å². The van der Waals surface area contributed by atoms with Crippen molar-refractivity contribution >= 4 is 40.9 Å². The molecule has 0 aromatic heterocycles. The maximum Gasteiger partial charge on any atom is 0.409 e. The number of nitrogens with zero attached hydrogens (tertiary/aromatic N) is 4. The van der Waals surface area contributed by atoms with E-state index >= 15 is 0 Å². The van der Waals surface area contributed by atoms with Gasteiger partial charge < -0.3 is 19.3 Å². The normalized spacial score (nSPS) is 21.6. The smallest absolute Gasteiger partial charge is 0.409 e. The fourth-order valence-electron chi connectivity index (χ4n) is 3.35. The monoisotopic (exact) mass is 420 g/mol. The summed E-state index contributed by atoms with van der Waals surface area (Å²) in [5, 5.41) is 0.180. The Balaban J connectivity index is 1.66. The molecule has 0 radical (unpaired) electrons. The van der Waals surface area contributed by atoms with E-state index in [0.717, 1.165) is 0 Å². The van der Waals surface area contributed by atoms with Crippen LogP contribution in [0, 0.1) is 5.92 Å². The highest BCUT2D eigenvalue weighted by Gasteiger charge is 2.36. The molecule has 1 saturated heterocycles. The van der Waals surface area contributed by atoms with Crippen LogP contribution in [0.3, 0.4) is 0 Å². The molecule has 156 valence electrons. The van der Waals surface area contributed by atoms with Crippen LogP contribution in [-0.2, 0) is 19.1 Å². The zero-order chi connectivity index (χ0) is 21.0. The molecule has 1 atom stereocenters. The van der Waals surface area contributed by atoms with E-state index in [-0.39, 0.29) is 23.0 Å². The van der Waals surface area contributed by atoms with Crippen molar-refractivity contribution in [3.05, 3.63) is 23.8 Å². The number of aliphatic imine (C=N–C) groups is 1. The highest BCUT2D eigenvalue weighted by molar-refractivity contribution is 7.80. The first kappa shape index (κ1) is 21.1. The lowest BCUT2D eigenvalue weighted by Gasteiger charge is -2.35. The van der Waals surface area contributed by atoms with Crippen molar-refractivity contribution in [2.45, 2.75) is 6.92 Å². The third kappa shape index (κ3) is 4.54. The number of amides is 3. The van der Waals surface area contributed by atoms with Crippen molar-refractivity contribution in [2.75, 3.05) is 53.0 Å². The van der Waals surface area contributed by atoms with Crippen LogP contribution >= 0.6 is 12.2 Å². The first-order chi connectivity index (χ1) is 14.0. The molecule has 1 fully saturated rings. The molecule has 0 N–H and O–H groups in total. The molecule has 0 aromatic rings. The van der Waals surface area contributed by atoms with Gasteiger partial charge in [0.25, 0.3) is 5.91 Å². The van der Waals surface area contributed by atoms with Crippen LogP contribution in [0.2, 0.25) is 0 Å². The highest BCUT2D eigenvalue weighted by Crippen LogP contribution is 2.23. The molecule has 1 unspecified atom stereocenters. The van der Waals surface area contributed by atoms with E-state index in [4.69, 9.17) is 21.7 Å². The Morgan fingerprint density at radius 1 is 1.24 bits per heavy atom. The van der Waals surface area contributed by atoms with Crippen LogP contribution in [-0.4, -0.2) is 96.5 Å². The summed E-state index contributed by atoms with van der Waals surface area (Å²) in [6.45, 7) is 4.46. The van der Waals surface area contributed by atoms with Gasteiger partial charge in [-0.05, 0) is 25.2 Å². The van der Waals surface area contributed by atoms with Crippen LogP contribution in [0.15, 0.2) is 28.8 Å². The van der Waals surface area contributed by atoms with Crippen molar-refractivity contribution in [1.29, 1.82) is 0 Å². The van der Waals surface area contributed by atoms with Crippen molar-refractivity contribution in [3.8, 4) is 0 Å². The first-order valence-electron chi connectivity index (χ1n) is 9.50. The molecule has 29 heavy (non-hydrogen) atoms. The van der Waals surface area contributed by atoms with Gasteiger partial charge in [-0.1, -0.05) is 12.2 Å². The number of methoxy groups -OCH3 is 1. The van der Waals surface area contributed by atoms with E-state index in [1.165, 1.54) is 4.90 Å². The lowest BCUT2D eigenvalue weighted by molar-refractivity contribution is -0.129. The summed E-state index contributed by atoms with van der Waals surface area (Å²) in [5.41, 5.74) is 0.926. The zero-order valence-corrected chi connectivity index (χ0v) is 17.3. The fraction of sp³-hybridized carbons (Fsp3) is 0.526. The average molecular weight is 420 g/mol. The largest absolute Gasteiger partial charge is 0.450 e. The molecule has 0 spiro atoms. The Labute approximate surface area is 174 Å². The van der Waals surface area contributed by atoms with E-state index in [1.54, 1.807) is 42.1 Å². The van der Waals surface area contributed by atoms with Crippen LogP contribution in [0.5, 0.6) is 0 Å². The number of hydrogen-bond donors (Lipinski definition) is 0. The van der Waals surface area contributed by atoms with Crippen molar-refractivity contribution in [1.82, 2.24) is 14.7 Å². The number of allylic oxidation sites excluding steroid dienone is 1. The molecule has 2 aliphatic heterocycles. The van der Waals surface area contributed by atoms with Gasteiger partial charge in [-0.3, -0.25) is 14.5 Å². The summed E-state index contributed by atoms with van der Waals surface area (Å²) < 4.78 is 10.0. The van der Waals surface area contributed by atoms with E-state index < -0.39 is 5.92 Å². The predicted molar refractivity (Wildman–Crippen MR) is 110 cm³/mol. The first-order valence-corrected chi connectivity index (χ1v) is 9.90. The number of thiocarbonyl (C=S) groups is 1. The summed E-state index contributed by atoms with van der Waals surface area (Å²) in [5.74, 6) is -0.874. The van der Waals surface area contributed by atoms with Gasteiger partial charge in [0.05, 0.1) is 31.4 Å². The van der Waals surface area contributed by atoms with E-state index in [1.807, 2.05) is 0 Å². The number of carbonyl (C=O) groups excluding carboxylic acids is 3. The lowest BCUT2D eigenvalue weighted by Crippen LogP contribution is -2.51. The number of fused-ring (bicyclic) bond motifs is 1. The Morgan fingerprint density at radius 3 is 2.59 bits per heavy atom. The van der Waals surface area contributed by atoms with Gasteiger partial charge in [-0.2, -0.15) is 0 Å². The zero-order valence-electron chi connectivity index (χ0n) is 16.5. The number of carbonyl (C=O) groups is 3. The van der Waals surface area contributed by atoms with Gasteiger partial charge in [0.15, 0.2) is 0 Å². The molecule has 9 nitrogen and oxygen atoms in total. The Hall–Kier alpha value is -2.59. The van der Waals surface area contributed by atoms with Crippen LogP contribution in [0.25, 0.3) is 0 Å². The van der Waals surface area contributed by atoms with Crippen LogP contribution in [0.4, 0.5) is 4.79 Å². The SMILES string of the molecule is CCOC(=O)N1CCN(C(=O)C2=CC3=NC(=S)N(CCOC)C(=O)C3C=C2)CC1. The molecule has 0 saturated carbocycles. The van der Waals surface area contributed by atoms with E-state index in [2.05, 4.69) is 4.99 Å². The lowest BCUT2D eigenvalue weighted by atomic mass is 9.91. The Bertz CT molecular complexity index is 798. The summed E-state index contributed by atoms with van der Waals surface area (Å²) in [7, 11) is 1.56. The van der Waals surface area contributed by atoms with Gasteiger partial charge in [0.2, 0.25) is 11.0 Å². The minimum atomic E-state index is -0.546. The molecule has 3 amide bonds. The Kier molecular flexibility index (Phi) is 6.75. The summed E-state index contributed by atoms with van der Waals surface area (Å²) >= 11 is 5.24. The number of ether oxygens (including phenoxy) is 2. The molecule has 10 heteroatoms. The molecule has 1 aliphatic carbocycles. The van der Waals surface area contributed by atoms with E-state index in [0.29, 0.717) is 57.2 Å². The minimum absolute atomic E-state index is 0.161. The fourth-order valence-corrected chi connectivity index (χ4v) is 3.64. The van der Waals surface area contributed by atoms with Gasteiger partial charge in [0.1, 0.15) is 0 Å². The van der Waals surface area contributed by atoms with Crippen molar-refractivity contribution in [2.24, 2.45) is 10.9 Å². The third-order valence-corrected chi connectivity index (χ3v) is 5.25. The molecule has 0 bridgehead atoms. The minimum Gasteiger partial charge on any atom is -0.450 e. The predicted octanol–water partition coefficient (Wildman–Crippen LogP) is 0.614. The Morgan fingerprint density at radius 2 is 1.93 bits per heavy atom. The maximum absolute atomic E-state index is 12.9. The number of rotatable bonds is 5. The molecule has 3 rings (SSSR count). The van der Waals surface area contributed by atoms with Crippen LogP contribution < -0.4 is 0 Å². The second-order valence-electron chi connectivity index (χ2n) is 6.72. The van der Waals surface area contributed by atoms with Gasteiger partial charge in [0, 0.05) is 38.9 Å². The average Bonchev–Trinajstić information content (AvgIpc) is 2.73. The summed E-state index contributed by atoms with van der Waals surface area (Å²) in [4.78, 5) is 46.4. The van der Waals surface area contributed by atoms with Gasteiger partial charge >= 0.3 is 6.09 Å². The van der Waals surface area contributed by atoms with Crippen molar-refractivity contribution < 1.29 is 23.9 Å². The molecular weight excluding hydrogens is 396 g/mol. The number of hydrogen-bond acceptors (Lipinski definition) is 6. The third-order valence-electron chi connectivity index (χ3n) is 4.94. The van der Waals surface area contributed by atoms with Gasteiger partial charge in [-0.25, -0.2) is 9.79 Å².